The summed E-state index contributed by atoms with van der Waals surface area (Å²) in [5, 5.41) is 1.23. The molecule has 0 bridgehead atoms. The molecule has 0 aliphatic carbocycles. The molecule has 5 heteroatoms. The minimum Gasteiger partial charge on any atom is -0.491 e. The van der Waals surface area contributed by atoms with Gasteiger partial charge in [-0.1, -0.05) is 12.1 Å². The maximum Gasteiger partial charge on any atom is 0.145 e. The number of aryl methyl sites for hydroxylation is 1. The maximum atomic E-state index is 5.89. The quantitative estimate of drug-likeness (QED) is 0.616. The third kappa shape index (κ3) is 3.47. The van der Waals surface area contributed by atoms with E-state index in [1.807, 2.05) is 12.3 Å². The number of benzene rings is 1. The average molecular weight is 377 g/mol. The summed E-state index contributed by atoms with van der Waals surface area (Å²) in [6, 6.07) is 12.9. The molecule has 5 rings (SSSR count). The molecule has 5 nitrogen and oxygen atoms in total. The van der Waals surface area contributed by atoms with Crippen LogP contribution in [0.3, 0.4) is 0 Å². The zero-order chi connectivity index (χ0) is 18.8. The van der Waals surface area contributed by atoms with Crippen molar-refractivity contribution in [3.05, 3.63) is 54.4 Å². The van der Waals surface area contributed by atoms with Crippen LogP contribution in [-0.2, 0) is 13.0 Å². The van der Waals surface area contributed by atoms with Crippen LogP contribution >= 0.6 is 0 Å². The van der Waals surface area contributed by atoms with Crippen molar-refractivity contribution in [1.29, 1.82) is 0 Å². The molecule has 1 saturated heterocycles. The molecule has 0 N–H and O–H groups in total. The molecule has 0 unspecified atom stereocenters. The predicted octanol–water partition coefficient (Wildman–Crippen LogP) is 3.57. The van der Waals surface area contributed by atoms with E-state index < -0.39 is 0 Å². The van der Waals surface area contributed by atoms with Gasteiger partial charge in [-0.05, 0) is 49.2 Å². The Morgan fingerprint density at radius 2 is 1.82 bits per heavy atom. The van der Waals surface area contributed by atoms with Crippen molar-refractivity contribution >= 4 is 16.7 Å². The lowest BCUT2D eigenvalue weighted by Crippen LogP contribution is -2.46. The van der Waals surface area contributed by atoms with Crippen LogP contribution in [0.2, 0.25) is 0 Å². The van der Waals surface area contributed by atoms with Gasteiger partial charge in [0.2, 0.25) is 0 Å². The highest BCUT2D eigenvalue weighted by Crippen LogP contribution is 2.36. The smallest absolute Gasteiger partial charge is 0.145 e. The molecule has 1 fully saturated rings. The third-order valence-corrected chi connectivity index (χ3v) is 6.05. The molecule has 0 amide bonds. The first-order valence-electron chi connectivity index (χ1n) is 10.5. The molecule has 0 spiro atoms. The first-order chi connectivity index (χ1) is 13.9. The zero-order valence-electron chi connectivity index (χ0n) is 16.4. The molecule has 2 aromatic heterocycles. The summed E-state index contributed by atoms with van der Waals surface area (Å²) in [6.07, 6.45) is 7.52. The lowest BCUT2D eigenvalue weighted by molar-refractivity contribution is 0.250. The van der Waals surface area contributed by atoms with Gasteiger partial charge in [0.15, 0.2) is 0 Å². The SMILES string of the molecule is c1cc2c(c(N3CCN(CCCCn4ccc5cccnc54)CC3)c1)OCC2. The van der Waals surface area contributed by atoms with Crippen molar-refractivity contribution in [2.24, 2.45) is 0 Å². The molecular formula is C23H28N4O. The van der Waals surface area contributed by atoms with Crippen LogP contribution in [0.1, 0.15) is 18.4 Å². The van der Waals surface area contributed by atoms with E-state index in [-0.39, 0.29) is 0 Å². The number of para-hydroxylation sites is 1. The third-order valence-electron chi connectivity index (χ3n) is 6.05. The largest absolute Gasteiger partial charge is 0.491 e. The maximum absolute atomic E-state index is 5.89. The molecule has 0 atom stereocenters. The molecule has 4 heterocycles. The van der Waals surface area contributed by atoms with Crippen molar-refractivity contribution in [3.8, 4) is 5.75 Å². The summed E-state index contributed by atoms with van der Waals surface area (Å²) in [5.41, 5.74) is 3.77. The lowest BCUT2D eigenvalue weighted by Gasteiger charge is -2.36. The van der Waals surface area contributed by atoms with Crippen LogP contribution in [0.15, 0.2) is 48.8 Å². The molecule has 3 aromatic rings. The van der Waals surface area contributed by atoms with Gasteiger partial charge in [-0.2, -0.15) is 0 Å². The highest BCUT2D eigenvalue weighted by molar-refractivity contribution is 5.75. The Labute approximate surface area is 166 Å². The van der Waals surface area contributed by atoms with Gasteiger partial charge in [-0.3, -0.25) is 4.90 Å². The number of hydrogen-bond donors (Lipinski definition) is 0. The number of unbranched alkanes of at least 4 members (excludes halogenated alkanes) is 1. The summed E-state index contributed by atoms with van der Waals surface area (Å²) >= 11 is 0. The summed E-state index contributed by atoms with van der Waals surface area (Å²) in [4.78, 5) is 9.61. The predicted molar refractivity (Wildman–Crippen MR) is 113 cm³/mol. The summed E-state index contributed by atoms with van der Waals surface area (Å²) < 4.78 is 8.17. The highest BCUT2D eigenvalue weighted by Gasteiger charge is 2.23. The number of anilines is 1. The lowest BCUT2D eigenvalue weighted by atomic mass is 10.1. The van der Waals surface area contributed by atoms with Gasteiger partial charge in [0.25, 0.3) is 0 Å². The van der Waals surface area contributed by atoms with Gasteiger partial charge in [0, 0.05) is 56.9 Å². The second kappa shape index (κ2) is 7.84. The number of rotatable bonds is 6. The molecular weight excluding hydrogens is 348 g/mol. The van der Waals surface area contributed by atoms with Crippen molar-refractivity contribution in [2.45, 2.75) is 25.8 Å². The molecule has 0 saturated carbocycles. The molecule has 2 aliphatic rings. The van der Waals surface area contributed by atoms with Gasteiger partial charge in [0.05, 0.1) is 12.3 Å². The molecule has 28 heavy (non-hydrogen) atoms. The Balaban J connectivity index is 1.09. The Bertz CT molecular complexity index is 943. The van der Waals surface area contributed by atoms with Gasteiger partial charge in [-0.15, -0.1) is 0 Å². The summed E-state index contributed by atoms with van der Waals surface area (Å²) in [5.74, 6) is 1.13. The summed E-state index contributed by atoms with van der Waals surface area (Å²) in [7, 11) is 0. The van der Waals surface area contributed by atoms with E-state index in [1.54, 1.807) is 0 Å². The van der Waals surface area contributed by atoms with Crippen LogP contribution in [0.5, 0.6) is 5.75 Å². The van der Waals surface area contributed by atoms with Crippen LogP contribution in [0.25, 0.3) is 11.0 Å². The van der Waals surface area contributed by atoms with Crippen molar-refractivity contribution in [1.82, 2.24) is 14.5 Å². The fraction of sp³-hybridized carbons (Fsp3) is 0.435. The van der Waals surface area contributed by atoms with Gasteiger partial charge < -0.3 is 14.2 Å². The summed E-state index contributed by atoms with van der Waals surface area (Å²) in [6.45, 7) is 7.52. The van der Waals surface area contributed by atoms with E-state index >= 15 is 0 Å². The molecule has 1 aromatic carbocycles. The normalized spacial score (nSPS) is 17.1. The minimum absolute atomic E-state index is 0.832. The van der Waals surface area contributed by atoms with E-state index in [4.69, 9.17) is 4.74 Å². The van der Waals surface area contributed by atoms with Crippen LogP contribution < -0.4 is 9.64 Å². The van der Waals surface area contributed by atoms with E-state index in [9.17, 15) is 0 Å². The number of pyridine rings is 1. The number of piperazine rings is 1. The zero-order valence-corrected chi connectivity index (χ0v) is 16.4. The standard InChI is InChI=1S/C23H28N4O/c1(2-12-27-13-8-20-6-4-10-24-23(20)27)11-25-14-16-26(17-15-25)21-7-3-5-19-9-18-28-22(19)21/h3-8,10,13H,1-2,9,11-12,14-18H2. The van der Waals surface area contributed by atoms with Crippen LogP contribution in [0, 0.1) is 0 Å². The van der Waals surface area contributed by atoms with Crippen molar-refractivity contribution in [3.63, 3.8) is 0 Å². The van der Waals surface area contributed by atoms with Crippen LogP contribution in [-0.4, -0.2) is 53.8 Å². The fourth-order valence-corrected chi connectivity index (χ4v) is 4.48. The van der Waals surface area contributed by atoms with Crippen molar-refractivity contribution < 1.29 is 4.74 Å². The van der Waals surface area contributed by atoms with Gasteiger partial charge in [-0.25, -0.2) is 4.98 Å². The Morgan fingerprint density at radius 3 is 2.75 bits per heavy atom. The average Bonchev–Trinajstić information content (AvgIpc) is 3.39. The van der Waals surface area contributed by atoms with Crippen molar-refractivity contribution in [2.75, 3.05) is 44.2 Å². The Hall–Kier alpha value is -2.53. The number of hydrogen-bond acceptors (Lipinski definition) is 4. The number of aromatic nitrogens is 2. The molecule has 146 valence electrons. The number of ether oxygens (including phenoxy) is 1. The molecule has 0 radical (unpaired) electrons. The molecule has 2 aliphatic heterocycles. The fourth-order valence-electron chi connectivity index (χ4n) is 4.48. The minimum atomic E-state index is 0.832. The number of nitrogens with zero attached hydrogens (tertiary/aromatic N) is 4. The van der Waals surface area contributed by atoms with Gasteiger partial charge in [0.1, 0.15) is 11.4 Å². The van der Waals surface area contributed by atoms with Crippen LogP contribution in [0.4, 0.5) is 5.69 Å². The van der Waals surface area contributed by atoms with E-state index in [0.717, 1.165) is 57.1 Å². The van der Waals surface area contributed by atoms with E-state index in [1.165, 1.54) is 36.0 Å². The topological polar surface area (TPSA) is 33.5 Å². The second-order valence-corrected chi connectivity index (χ2v) is 7.83. The number of fused-ring (bicyclic) bond motifs is 2. The monoisotopic (exact) mass is 376 g/mol. The highest BCUT2D eigenvalue weighted by atomic mass is 16.5. The Morgan fingerprint density at radius 1 is 0.929 bits per heavy atom. The van der Waals surface area contributed by atoms with E-state index in [2.05, 4.69) is 55.9 Å². The first-order valence-corrected chi connectivity index (χ1v) is 10.5. The first kappa shape index (κ1) is 17.6. The van der Waals surface area contributed by atoms with Gasteiger partial charge >= 0.3 is 0 Å². The second-order valence-electron chi connectivity index (χ2n) is 7.83. The Kier molecular flexibility index (Phi) is 4.92. The van der Waals surface area contributed by atoms with E-state index in [0.29, 0.717) is 0 Å².